The van der Waals surface area contributed by atoms with Gasteiger partial charge in [0.15, 0.2) is 0 Å². The van der Waals surface area contributed by atoms with Gasteiger partial charge in [-0.3, -0.25) is 4.79 Å². The van der Waals surface area contributed by atoms with Crippen molar-refractivity contribution < 1.29 is 19.0 Å². The lowest BCUT2D eigenvalue weighted by molar-refractivity contribution is -0.133. The van der Waals surface area contributed by atoms with E-state index in [2.05, 4.69) is 6.58 Å². The van der Waals surface area contributed by atoms with Crippen LogP contribution in [0.2, 0.25) is 0 Å². The molecule has 4 nitrogen and oxygen atoms in total. The summed E-state index contributed by atoms with van der Waals surface area (Å²) in [4.78, 5) is 12.8. The molecule has 3 atom stereocenters. The van der Waals surface area contributed by atoms with E-state index in [9.17, 15) is 4.79 Å². The molecule has 3 unspecified atom stereocenters. The molecule has 1 saturated carbocycles. The highest BCUT2D eigenvalue weighted by Gasteiger charge is 2.41. The van der Waals surface area contributed by atoms with Crippen LogP contribution < -0.4 is 4.74 Å². The number of rotatable bonds is 5. The minimum absolute atomic E-state index is 0.0364. The van der Waals surface area contributed by atoms with Gasteiger partial charge in [0.1, 0.15) is 18.1 Å². The molecule has 24 heavy (non-hydrogen) atoms. The minimum Gasteiger partial charge on any atom is -0.493 e. The van der Waals surface area contributed by atoms with Crippen molar-refractivity contribution in [3.63, 3.8) is 0 Å². The van der Waals surface area contributed by atoms with Crippen molar-refractivity contribution in [2.24, 2.45) is 5.92 Å². The van der Waals surface area contributed by atoms with E-state index in [1.165, 1.54) is 6.26 Å². The van der Waals surface area contributed by atoms with Gasteiger partial charge in [0.25, 0.3) is 0 Å². The van der Waals surface area contributed by atoms with Crippen LogP contribution in [-0.4, -0.2) is 24.6 Å². The Labute approximate surface area is 143 Å². The van der Waals surface area contributed by atoms with Gasteiger partial charge in [-0.25, -0.2) is 0 Å². The quantitative estimate of drug-likeness (QED) is 0.770. The first-order valence-corrected chi connectivity index (χ1v) is 8.46. The predicted molar refractivity (Wildman–Crippen MR) is 91.8 cm³/mol. The Balaban J connectivity index is 1.70. The third-order valence-corrected chi connectivity index (χ3v) is 4.69. The Morgan fingerprint density at radius 2 is 2.17 bits per heavy atom. The fourth-order valence-corrected chi connectivity index (χ4v) is 3.30. The molecule has 1 aliphatic carbocycles. The normalized spacial score (nSPS) is 26.2. The lowest BCUT2D eigenvalue weighted by Gasteiger charge is -2.37. The van der Waals surface area contributed by atoms with E-state index in [0.717, 1.165) is 30.4 Å². The van der Waals surface area contributed by atoms with Gasteiger partial charge in [0.05, 0.1) is 18.6 Å². The number of benzene rings is 1. The van der Waals surface area contributed by atoms with Crippen LogP contribution >= 0.6 is 0 Å². The summed E-state index contributed by atoms with van der Waals surface area (Å²) in [6, 6.07) is 5.95. The molecule has 1 fully saturated rings. The van der Waals surface area contributed by atoms with E-state index in [-0.39, 0.29) is 23.9 Å². The first kappa shape index (κ1) is 16.8. The molecule has 0 radical (unpaired) electrons. The number of Topliss-reactive ketones (excluding diaryl/α,β-unsaturated/α-hetero) is 1. The first-order valence-electron chi connectivity index (χ1n) is 8.46. The number of ketones is 1. The standard InChI is InChI=1S/C20H24O4/c1-4-9-22-15-7-8-16-18(11-15)23-12-19(20(16)21)24-17-10-13(2)5-6-14(17)3/h4-6,10,12,15-16,18H,1,7-9,11H2,2-3H3. The average Bonchev–Trinajstić information content (AvgIpc) is 2.58. The zero-order chi connectivity index (χ0) is 17.1. The molecule has 1 aliphatic heterocycles. The van der Waals surface area contributed by atoms with Gasteiger partial charge >= 0.3 is 0 Å². The number of hydrogen-bond acceptors (Lipinski definition) is 4. The summed E-state index contributed by atoms with van der Waals surface area (Å²) in [7, 11) is 0. The second-order valence-electron chi connectivity index (χ2n) is 6.56. The third kappa shape index (κ3) is 3.54. The number of fused-ring (bicyclic) bond motifs is 1. The van der Waals surface area contributed by atoms with Crippen LogP contribution in [0.3, 0.4) is 0 Å². The molecule has 1 aromatic carbocycles. The van der Waals surface area contributed by atoms with Crippen LogP contribution in [0.1, 0.15) is 30.4 Å². The Morgan fingerprint density at radius 3 is 2.96 bits per heavy atom. The molecule has 0 N–H and O–H groups in total. The van der Waals surface area contributed by atoms with Crippen LogP contribution in [0, 0.1) is 19.8 Å². The van der Waals surface area contributed by atoms with Crippen molar-refractivity contribution in [2.45, 2.75) is 45.3 Å². The summed E-state index contributed by atoms with van der Waals surface area (Å²) < 4.78 is 17.4. The van der Waals surface area contributed by atoms with Gasteiger partial charge in [-0.2, -0.15) is 0 Å². The van der Waals surface area contributed by atoms with Crippen molar-refractivity contribution >= 4 is 5.78 Å². The second-order valence-corrected chi connectivity index (χ2v) is 6.56. The van der Waals surface area contributed by atoms with Crippen LogP contribution in [-0.2, 0) is 14.3 Å². The average molecular weight is 328 g/mol. The van der Waals surface area contributed by atoms with Crippen molar-refractivity contribution in [3.05, 3.63) is 54.0 Å². The molecule has 0 saturated heterocycles. The number of carbonyl (C=O) groups is 1. The van der Waals surface area contributed by atoms with Gasteiger partial charge in [0, 0.05) is 6.42 Å². The summed E-state index contributed by atoms with van der Waals surface area (Å²) in [5.74, 6) is 0.906. The maximum absolute atomic E-state index is 12.8. The maximum Gasteiger partial charge on any atom is 0.207 e. The highest BCUT2D eigenvalue weighted by atomic mass is 16.5. The molecular weight excluding hydrogens is 304 g/mol. The summed E-state index contributed by atoms with van der Waals surface area (Å²) in [5, 5.41) is 0. The molecule has 2 aliphatic rings. The minimum atomic E-state index is -0.140. The van der Waals surface area contributed by atoms with Crippen molar-refractivity contribution in [1.82, 2.24) is 0 Å². The summed E-state index contributed by atoms with van der Waals surface area (Å²) >= 11 is 0. The van der Waals surface area contributed by atoms with Crippen molar-refractivity contribution in [2.75, 3.05) is 6.61 Å². The van der Waals surface area contributed by atoms with Crippen molar-refractivity contribution in [1.29, 1.82) is 0 Å². The van der Waals surface area contributed by atoms with Gasteiger partial charge in [-0.1, -0.05) is 18.2 Å². The van der Waals surface area contributed by atoms with Gasteiger partial charge in [-0.15, -0.1) is 6.58 Å². The molecule has 0 spiro atoms. The zero-order valence-corrected chi connectivity index (χ0v) is 14.3. The molecule has 0 aromatic heterocycles. The van der Waals surface area contributed by atoms with E-state index in [1.807, 2.05) is 32.0 Å². The van der Waals surface area contributed by atoms with Gasteiger partial charge in [0.2, 0.25) is 11.5 Å². The van der Waals surface area contributed by atoms with E-state index >= 15 is 0 Å². The van der Waals surface area contributed by atoms with Crippen LogP contribution in [0.5, 0.6) is 5.75 Å². The summed E-state index contributed by atoms with van der Waals surface area (Å²) in [6.07, 6.45) is 5.59. The fourth-order valence-electron chi connectivity index (χ4n) is 3.30. The molecule has 0 bridgehead atoms. The number of allylic oxidation sites excluding steroid dienone is 1. The van der Waals surface area contributed by atoms with Gasteiger partial charge in [-0.05, 0) is 43.9 Å². The first-order chi connectivity index (χ1) is 11.6. The molecule has 3 rings (SSSR count). The van der Waals surface area contributed by atoms with E-state index in [1.54, 1.807) is 6.08 Å². The molecule has 1 heterocycles. The summed E-state index contributed by atoms with van der Waals surface area (Å²) in [6.45, 7) is 8.17. The Kier molecular flexibility index (Phi) is 5.05. The molecule has 1 aromatic rings. The highest BCUT2D eigenvalue weighted by molar-refractivity contribution is 5.96. The lowest BCUT2D eigenvalue weighted by atomic mass is 9.80. The predicted octanol–water partition coefficient (Wildman–Crippen LogP) is 3.86. The second kappa shape index (κ2) is 7.22. The topological polar surface area (TPSA) is 44.8 Å². The Morgan fingerprint density at radius 1 is 1.33 bits per heavy atom. The highest BCUT2D eigenvalue weighted by Crippen LogP contribution is 2.35. The molecule has 4 heteroatoms. The SMILES string of the molecule is C=CCOC1CCC2C(=O)C(Oc3cc(C)ccc3C)=COC2C1. The smallest absolute Gasteiger partial charge is 0.207 e. The number of carbonyl (C=O) groups excluding carboxylic acids is 1. The van der Waals surface area contributed by atoms with E-state index < -0.39 is 0 Å². The van der Waals surface area contributed by atoms with Gasteiger partial charge < -0.3 is 14.2 Å². The van der Waals surface area contributed by atoms with Crippen LogP contribution in [0.4, 0.5) is 0 Å². The molecule has 128 valence electrons. The van der Waals surface area contributed by atoms with E-state index in [0.29, 0.717) is 18.1 Å². The molecule has 0 amide bonds. The molecular formula is C20H24O4. The number of hydrogen-bond donors (Lipinski definition) is 0. The van der Waals surface area contributed by atoms with Crippen LogP contribution in [0.15, 0.2) is 42.9 Å². The monoisotopic (exact) mass is 328 g/mol. The Bertz CT molecular complexity index is 662. The Hall–Kier alpha value is -2.07. The summed E-state index contributed by atoms with van der Waals surface area (Å²) in [5.41, 5.74) is 2.09. The number of ether oxygens (including phenoxy) is 3. The van der Waals surface area contributed by atoms with Crippen LogP contribution in [0.25, 0.3) is 0 Å². The van der Waals surface area contributed by atoms with Crippen molar-refractivity contribution in [3.8, 4) is 5.75 Å². The third-order valence-electron chi connectivity index (χ3n) is 4.69. The maximum atomic E-state index is 12.8. The largest absolute Gasteiger partial charge is 0.493 e. The zero-order valence-electron chi connectivity index (χ0n) is 14.3. The number of aryl methyl sites for hydroxylation is 2. The fraction of sp³-hybridized carbons (Fsp3) is 0.450. The lowest BCUT2D eigenvalue weighted by Crippen LogP contribution is -2.42. The van der Waals surface area contributed by atoms with E-state index in [4.69, 9.17) is 14.2 Å².